The van der Waals surface area contributed by atoms with Crippen LogP contribution in [-0.2, 0) is 17.1 Å². The van der Waals surface area contributed by atoms with Crippen molar-refractivity contribution in [3.8, 4) is 0 Å². The molecule has 0 aromatic carbocycles. The number of hydrogen-bond donors (Lipinski definition) is 0. The van der Waals surface area contributed by atoms with Gasteiger partial charge in [-0.1, -0.05) is 13.8 Å². The van der Waals surface area contributed by atoms with Crippen LogP contribution in [0.2, 0.25) is 0 Å². The molecule has 3 nitrogen and oxygen atoms in total. The Balaban J connectivity index is 3.40. The molecule has 0 aliphatic carbocycles. The van der Waals surface area contributed by atoms with E-state index < -0.39 is 10.1 Å². The van der Waals surface area contributed by atoms with Crippen molar-refractivity contribution in [2.24, 2.45) is 7.05 Å². The zero-order valence-electron chi connectivity index (χ0n) is 8.03. The van der Waals surface area contributed by atoms with Crippen LogP contribution in [0.25, 0.3) is 0 Å². The Morgan fingerprint density at radius 1 is 1.69 bits per heavy atom. The Labute approximate surface area is 78.2 Å². The van der Waals surface area contributed by atoms with Crippen molar-refractivity contribution in [1.29, 1.82) is 0 Å². The van der Waals surface area contributed by atoms with Gasteiger partial charge in [-0.05, 0) is 0 Å². The molecule has 0 N–H and O–H groups in total. The van der Waals surface area contributed by atoms with E-state index in [0.29, 0.717) is 5.82 Å². The molecule has 0 aliphatic rings. The lowest BCUT2D eigenvalue weighted by Crippen LogP contribution is -2.33. The van der Waals surface area contributed by atoms with Crippen LogP contribution in [0.1, 0.15) is 25.6 Å². The Hall–Kier alpha value is -0.840. The lowest BCUT2D eigenvalue weighted by Gasteiger charge is -2.03. The van der Waals surface area contributed by atoms with Crippen molar-refractivity contribution in [2.75, 3.05) is 0 Å². The highest BCUT2D eigenvalue weighted by Crippen LogP contribution is 2.12. The van der Waals surface area contributed by atoms with E-state index in [1.807, 2.05) is 13.8 Å². The summed E-state index contributed by atoms with van der Waals surface area (Å²) in [6.07, 6.45) is 3.12. The Kier molecular flexibility index (Phi) is 2.47. The highest BCUT2D eigenvalue weighted by Gasteiger charge is 2.23. The fourth-order valence-corrected chi connectivity index (χ4v) is 2.22. The van der Waals surface area contributed by atoms with Gasteiger partial charge < -0.3 is 0 Å². The topological polar surface area (TPSA) is 25.9 Å². The van der Waals surface area contributed by atoms with Crippen molar-refractivity contribution in [3.63, 3.8) is 0 Å². The minimum Gasteiger partial charge on any atom is -0.236 e. The lowest BCUT2D eigenvalue weighted by atomic mass is 10.2. The van der Waals surface area contributed by atoms with Crippen LogP contribution in [0.3, 0.4) is 0 Å². The van der Waals surface area contributed by atoms with Gasteiger partial charge in [0.1, 0.15) is 12.4 Å². The third-order valence-corrected chi connectivity index (χ3v) is 2.72. The van der Waals surface area contributed by atoms with E-state index in [9.17, 15) is 8.09 Å². The van der Waals surface area contributed by atoms with Gasteiger partial charge in [-0.15, -0.1) is 7.86 Å². The molecular weight excluding hydrogens is 191 g/mol. The first-order chi connectivity index (χ1) is 5.84. The third-order valence-electron chi connectivity index (χ3n) is 1.82. The summed E-state index contributed by atoms with van der Waals surface area (Å²) in [5.74, 6) is 3.79. The number of rotatable bonds is 2. The van der Waals surface area contributed by atoms with Crippen LogP contribution < -0.4 is 4.57 Å². The van der Waals surface area contributed by atoms with Crippen molar-refractivity contribution in [1.82, 2.24) is 3.97 Å². The number of imidazole rings is 1. The summed E-state index contributed by atoms with van der Waals surface area (Å²) in [5.41, 5.74) is 0. The molecule has 1 aromatic heterocycles. The highest BCUT2D eigenvalue weighted by atomic mass is 32.3. The van der Waals surface area contributed by atoms with Gasteiger partial charge in [-0.2, -0.15) is 4.21 Å². The fraction of sp³-hybridized carbons (Fsp3) is 0.500. The van der Waals surface area contributed by atoms with Crippen molar-refractivity contribution >= 4 is 16.0 Å². The van der Waals surface area contributed by atoms with E-state index in [2.05, 4.69) is 5.87 Å². The number of nitrogens with zero attached hydrogens (tertiary/aromatic N) is 2. The minimum atomic E-state index is -3.66. The lowest BCUT2D eigenvalue weighted by molar-refractivity contribution is -0.679. The van der Waals surface area contributed by atoms with Gasteiger partial charge in [0.15, 0.2) is 0 Å². The zero-order valence-corrected chi connectivity index (χ0v) is 8.84. The molecular formula is C8H14FN2OS+. The second kappa shape index (κ2) is 3.14. The molecule has 1 aromatic rings. The molecule has 0 saturated heterocycles. The Morgan fingerprint density at radius 3 is 2.54 bits per heavy atom. The Bertz CT molecular complexity index is 406. The van der Waals surface area contributed by atoms with Gasteiger partial charge in [-0.3, -0.25) is 0 Å². The summed E-state index contributed by atoms with van der Waals surface area (Å²) in [6, 6.07) is 0. The van der Waals surface area contributed by atoms with Crippen LogP contribution in [-0.4, -0.2) is 14.1 Å². The fourth-order valence-electron chi connectivity index (χ4n) is 1.36. The summed E-state index contributed by atoms with van der Waals surface area (Å²) >= 11 is 0. The summed E-state index contributed by atoms with van der Waals surface area (Å²) < 4.78 is 27.1. The number of halogens is 1. The largest absolute Gasteiger partial charge is 0.276 e. The molecule has 1 rings (SSSR count). The van der Waals surface area contributed by atoms with Crippen LogP contribution in [0, 0.1) is 0 Å². The molecule has 0 aliphatic heterocycles. The van der Waals surface area contributed by atoms with Crippen molar-refractivity contribution in [3.05, 3.63) is 18.2 Å². The normalized spacial score (nSPS) is 16.1. The van der Waals surface area contributed by atoms with Crippen LogP contribution in [0.5, 0.6) is 0 Å². The number of aromatic nitrogens is 2. The van der Waals surface area contributed by atoms with E-state index in [-0.39, 0.29) is 5.92 Å². The first kappa shape index (κ1) is 10.2. The van der Waals surface area contributed by atoms with Gasteiger partial charge in [0, 0.05) is 5.87 Å². The highest BCUT2D eigenvalue weighted by molar-refractivity contribution is 7.94. The summed E-state index contributed by atoms with van der Waals surface area (Å²) in [4.78, 5) is 0. The molecule has 0 fully saturated rings. The van der Waals surface area contributed by atoms with Gasteiger partial charge in [0.25, 0.3) is 15.9 Å². The molecule has 0 amide bonds. The van der Waals surface area contributed by atoms with Crippen LogP contribution in [0.4, 0.5) is 3.89 Å². The van der Waals surface area contributed by atoms with E-state index >= 15 is 0 Å². The number of aryl methyl sites for hydroxylation is 1. The molecule has 13 heavy (non-hydrogen) atoms. The first-order valence-electron chi connectivity index (χ1n) is 3.98. The molecule has 5 heteroatoms. The van der Waals surface area contributed by atoms with Crippen molar-refractivity contribution in [2.45, 2.75) is 19.8 Å². The predicted molar refractivity (Wildman–Crippen MR) is 51.5 cm³/mol. The maximum Gasteiger partial charge on any atom is 0.276 e. The van der Waals surface area contributed by atoms with E-state index in [0.717, 1.165) is 3.97 Å². The predicted octanol–water partition coefficient (Wildman–Crippen LogP) is 0.800. The standard InChI is InChI=1S/C8H14FN2OS/c1-7(2)8-10(3)5-6-11(8)13(4,9)12/h5-7H,4H2,1-3H3/q+1. The van der Waals surface area contributed by atoms with Crippen molar-refractivity contribution < 1.29 is 12.7 Å². The van der Waals surface area contributed by atoms with Gasteiger partial charge in [-0.25, -0.2) is 4.57 Å². The second-order valence-corrected chi connectivity index (χ2v) is 4.83. The molecule has 0 saturated carbocycles. The minimum absolute atomic E-state index is 0.110. The molecule has 1 heterocycles. The van der Waals surface area contributed by atoms with Crippen LogP contribution >= 0.6 is 0 Å². The molecule has 0 spiro atoms. The maximum atomic E-state index is 13.1. The average Bonchev–Trinajstić information content (AvgIpc) is 2.28. The monoisotopic (exact) mass is 205 g/mol. The number of hydrogen-bond acceptors (Lipinski definition) is 1. The molecule has 74 valence electrons. The summed E-state index contributed by atoms with van der Waals surface area (Å²) in [5, 5.41) is 0. The molecule has 1 unspecified atom stereocenters. The van der Waals surface area contributed by atoms with E-state index in [1.165, 1.54) is 6.20 Å². The first-order valence-corrected chi connectivity index (χ1v) is 5.56. The van der Waals surface area contributed by atoms with Gasteiger partial charge in [0.2, 0.25) is 0 Å². The SMILES string of the molecule is C=S(=O)(F)n1cc[n+](C)c1C(C)C. The molecule has 1 atom stereocenters. The van der Waals surface area contributed by atoms with Gasteiger partial charge >= 0.3 is 0 Å². The smallest absolute Gasteiger partial charge is 0.236 e. The maximum absolute atomic E-state index is 13.1. The van der Waals surface area contributed by atoms with Crippen LogP contribution in [0.15, 0.2) is 12.4 Å². The molecule has 0 radical (unpaired) electrons. The quantitative estimate of drug-likeness (QED) is 0.398. The Morgan fingerprint density at radius 2 is 2.23 bits per heavy atom. The van der Waals surface area contributed by atoms with E-state index in [4.69, 9.17) is 0 Å². The average molecular weight is 205 g/mol. The summed E-state index contributed by atoms with van der Waals surface area (Å²) in [6.45, 7) is 3.83. The molecule has 0 bridgehead atoms. The summed E-state index contributed by atoms with van der Waals surface area (Å²) in [7, 11) is -1.87. The van der Waals surface area contributed by atoms with E-state index in [1.54, 1.807) is 17.8 Å². The zero-order chi connectivity index (χ0) is 10.2. The second-order valence-electron chi connectivity index (χ2n) is 3.31. The van der Waals surface area contributed by atoms with Gasteiger partial charge in [0.05, 0.1) is 13.0 Å². The third kappa shape index (κ3) is 1.91.